The van der Waals surface area contributed by atoms with E-state index in [4.69, 9.17) is 0 Å². The molecule has 1 atom stereocenters. The Morgan fingerprint density at radius 2 is 2.00 bits per heavy atom. The van der Waals surface area contributed by atoms with Gasteiger partial charge < -0.3 is 9.80 Å². The zero-order valence-corrected chi connectivity index (χ0v) is 15.1. The molecule has 0 spiro atoms. The van der Waals surface area contributed by atoms with E-state index in [2.05, 4.69) is 16.8 Å². The number of thiazole rings is 1. The lowest BCUT2D eigenvalue weighted by atomic mass is 10.1. The van der Waals surface area contributed by atoms with Crippen LogP contribution >= 0.6 is 11.3 Å². The fourth-order valence-corrected chi connectivity index (χ4v) is 3.94. The molecule has 2 aromatic rings. The second kappa shape index (κ2) is 6.77. The van der Waals surface area contributed by atoms with Crippen molar-refractivity contribution in [2.24, 2.45) is 5.92 Å². The van der Waals surface area contributed by atoms with Gasteiger partial charge in [0.05, 0.1) is 6.20 Å². The van der Waals surface area contributed by atoms with Gasteiger partial charge in [-0.15, -0.1) is 11.3 Å². The highest BCUT2D eigenvalue weighted by Gasteiger charge is 2.36. The summed E-state index contributed by atoms with van der Waals surface area (Å²) in [6, 6.07) is 9.69. The summed E-state index contributed by atoms with van der Waals surface area (Å²) in [5.41, 5.74) is 2.07. The van der Waals surface area contributed by atoms with Crippen molar-refractivity contribution in [2.75, 3.05) is 19.6 Å². The molecule has 1 unspecified atom stereocenters. The molecule has 26 heavy (non-hydrogen) atoms. The van der Waals surface area contributed by atoms with Crippen molar-refractivity contribution >= 4 is 23.2 Å². The van der Waals surface area contributed by atoms with Crippen molar-refractivity contribution in [1.29, 1.82) is 0 Å². The predicted octanol–water partition coefficient (Wildman–Crippen LogP) is 2.36. The highest BCUT2D eigenvalue weighted by atomic mass is 32.1. The molecule has 6 heteroatoms. The first-order valence-corrected chi connectivity index (χ1v) is 9.22. The van der Waals surface area contributed by atoms with E-state index in [1.807, 2.05) is 41.4 Å². The van der Waals surface area contributed by atoms with Crippen LogP contribution in [0.4, 0.5) is 0 Å². The number of rotatable bonds is 1. The number of aromatic nitrogens is 1. The maximum Gasteiger partial charge on any atom is 0.269 e. The van der Waals surface area contributed by atoms with E-state index in [1.165, 1.54) is 11.3 Å². The minimum absolute atomic E-state index is 0.0495. The minimum atomic E-state index is -0.0495. The zero-order chi connectivity index (χ0) is 18.1. The van der Waals surface area contributed by atoms with Crippen LogP contribution in [0.3, 0.4) is 0 Å². The quantitative estimate of drug-likeness (QED) is 0.731. The van der Waals surface area contributed by atoms with E-state index in [0.717, 1.165) is 11.1 Å². The maximum absolute atomic E-state index is 12.7. The molecule has 5 nitrogen and oxygen atoms in total. The molecule has 0 bridgehead atoms. The zero-order valence-electron chi connectivity index (χ0n) is 14.3. The van der Waals surface area contributed by atoms with Crippen LogP contribution in [0.2, 0.25) is 0 Å². The van der Waals surface area contributed by atoms with Gasteiger partial charge in [0.1, 0.15) is 4.88 Å². The molecule has 1 saturated heterocycles. The summed E-state index contributed by atoms with van der Waals surface area (Å²) >= 11 is 1.31. The van der Waals surface area contributed by atoms with Crippen LogP contribution in [0.5, 0.6) is 0 Å². The Kier molecular flexibility index (Phi) is 4.31. The number of nitrogens with zero attached hydrogens (tertiary/aromatic N) is 3. The molecule has 2 amide bonds. The lowest BCUT2D eigenvalue weighted by Gasteiger charge is -2.17. The monoisotopic (exact) mass is 363 g/mol. The number of fused-ring (bicyclic) bond motifs is 1. The highest BCUT2D eigenvalue weighted by molar-refractivity contribution is 7.14. The van der Waals surface area contributed by atoms with Crippen LogP contribution < -0.4 is 0 Å². The first-order chi connectivity index (χ1) is 12.6. The molecule has 4 rings (SSSR count). The standard InChI is InChI=1S/C20H17N3O2S/c1-14(24)22-10-16-12-23(13-17(16)11-22)20(25)18-9-21-19(26-18)8-7-15-5-3-2-4-6-15/h2-6,9,12,17H,10-11,13H2,1H3. The van der Waals surface area contributed by atoms with E-state index in [9.17, 15) is 9.59 Å². The van der Waals surface area contributed by atoms with Gasteiger partial charge in [0.2, 0.25) is 5.91 Å². The van der Waals surface area contributed by atoms with Gasteiger partial charge in [0.15, 0.2) is 5.01 Å². The van der Waals surface area contributed by atoms with Gasteiger partial charge in [-0.05, 0) is 23.6 Å². The molecule has 0 radical (unpaired) electrons. The molecule has 3 heterocycles. The van der Waals surface area contributed by atoms with Gasteiger partial charge in [0, 0.05) is 44.2 Å². The van der Waals surface area contributed by atoms with Gasteiger partial charge in [0.25, 0.3) is 5.91 Å². The third-order valence-corrected chi connectivity index (χ3v) is 5.49. The summed E-state index contributed by atoms with van der Waals surface area (Å²) in [4.78, 5) is 32.6. The maximum atomic E-state index is 12.7. The van der Waals surface area contributed by atoms with Crippen LogP contribution in [-0.4, -0.2) is 46.2 Å². The first-order valence-electron chi connectivity index (χ1n) is 8.40. The van der Waals surface area contributed by atoms with Crippen LogP contribution in [0.25, 0.3) is 0 Å². The van der Waals surface area contributed by atoms with E-state index in [-0.39, 0.29) is 17.7 Å². The second-order valence-electron chi connectivity index (χ2n) is 6.40. The fraction of sp³-hybridized carbons (Fsp3) is 0.250. The first kappa shape index (κ1) is 16.6. The Bertz CT molecular complexity index is 952. The van der Waals surface area contributed by atoms with Crippen LogP contribution in [0.1, 0.15) is 27.2 Å². The number of likely N-dealkylation sites (tertiary alicyclic amines) is 1. The van der Waals surface area contributed by atoms with Crippen molar-refractivity contribution < 1.29 is 9.59 Å². The molecule has 1 aromatic carbocycles. The molecule has 0 saturated carbocycles. The number of benzene rings is 1. The second-order valence-corrected chi connectivity index (χ2v) is 7.43. The van der Waals surface area contributed by atoms with Crippen molar-refractivity contribution in [3.05, 3.63) is 63.7 Å². The molecule has 130 valence electrons. The predicted molar refractivity (Wildman–Crippen MR) is 99.4 cm³/mol. The average molecular weight is 363 g/mol. The van der Waals surface area contributed by atoms with E-state index in [0.29, 0.717) is 29.5 Å². The molecular formula is C20H17N3O2S. The van der Waals surface area contributed by atoms with E-state index in [1.54, 1.807) is 18.0 Å². The molecule has 2 aliphatic rings. The number of hydrogen-bond donors (Lipinski definition) is 0. The number of amides is 2. The fourth-order valence-electron chi connectivity index (χ4n) is 3.21. The van der Waals surface area contributed by atoms with Crippen molar-refractivity contribution in [2.45, 2.75) is 6.92 Å². The van der Waals surface area contributed by atoms with Crippen LogP contribution in [0.15, 0.2) is 48.3 Å². The average Bonchev–Trinajstić information content (AvgIpc) is 3.34. The lowest BCUT2D eigenvalue weighted by molar-refractivity contribution is -0.127. The summed E-state index contributed by atoms with van der Waals surface area (Å²) in [7, 11) is 0. The third-order valence-electron chi connectivity index (χ3n) is 4.59. The third kappa shape index (κ3) is 3.26. The van der Waals surface area contributed by atoms with Crippen molar-refractivity contribution in [3.8, 4) is 11.8 Å². The van der Waals surface area contributed by atoms with Gasteiger partial charge in [-0.1, -0.05) is 24.1 Å². The molecule has 2 aliphatic heterocycles. The largest absolute Gasteiger partial charge is 0.338 e. The van der Waals surface area contributed by atoms with Crippen molar-refractivity contribution in [3.63, 3.8) is 0 Å². The van der Waals surface area contributed by atoms with Gasteiger partial charge in [-0.3, -0.25) is 9.59 Å². The lowest BCUT2D eigenvalue weighted by Crippen LogP contribution is -2.31. The Morgan fingerprint density at radius 3 is 2.73 bits per heavy atom. The summed E-state index contributed by atoms with van der Waals surface area (Å²) < 4.78 is 0. The minimum Gasteiger partial charge on any atom is -0.338 e. The van der Waals surface area contributed by atoms with Gasteiger partial charge in [-0.2, -0.15) is 0 Å². The molecule has 0 aliphatic carbocycles. The highest BCUT2D eigenvalue weighted by Crippen LogP contribution is 2.31. The molecule has 1 aromatic heterocycles. The summed E-state index contributed by atoms with van der Waals surface area (Å²) in [5, 5.41) is 0.631. The molecule has 1 fully saturated rings. The smallest absolute Gasteiger partial charge is 0.269 e. The number of carbonyl (C=O) groups excluding carboxylic acids is 2. The summed E-state index contributed by atoms with van der Waals surface area (Å²) in [6.07, 6.45) is 3.49. The Labute approximate surface area is 156 Å². The Balaban J connectivity index is 1.45. The molecular weight excluding hydrogens is 346 g/mol. The molecule has 0 N–H and O–H groups in total. The van der Waals surface area contributed by atoms with E-state index < -0.39 is 0 Å². The van der Waals surface area contributed by atoms with Gasteiger partial charge >= 0.3 is 0 Å². The Morgan fingerprint density at radius 1 is 1.19 bits per heavy atom. The van der Waals surface area contributed by atoms with E-state index >= 15 is 0 Å². The number of carbonyl (C=O) groups is 2. The van der Waals surface area contributed by atoms with Crippen molar-refractivity contribution in [1.82, 2.24) is 14.8 Å². The Hall–Kier alpha value is -2.91. The topological polar surface area (TPSA) is 53.5 Å². The SMILES string of the molecule is CC(=O)N1CC2=CN(C(=O)c3cnc(C#Cc4ccccc4)s3)CC2C1. The summed E-state index contributed by atoms with van der Waals surface area (Å²) in [6.45, 7) is 3.53. The van der Waals surface area contributed by atoms with Crippen LogP contribution in [-0.2, 0) is 4.79 Å². The van der Waals surface area contributed by atoms with Gasteiger partial charge in [-0.25, -0.2) is 4.98 Å². The normalized spacial score (nSPS) is 18.2. The van der Waals surface area contributed by atoms with Crippen LogP contribution in [0, 0.1) is 17.8 Å². The summed E-state index contributed by atoms with van der Waals surface area (Å²) in [5.74, 6) is 6.36. The number of hydrogen-bond acceptors (Lipinski definition) is 4.